The summed E-state index contributed by atoms with van der Waals surface area (Å²) in [5, 5.41) is 3.73. The van der Waals surface area contributed by atoms with Gasteiger partial charge in [0.25, 0.3) is 0 Å². The van der Waals surface area contributed by atoms with Crippen LogP contribution < -0.4 is 5.32 Å². The summed E-state index contributed by atoms with van der Waals surface area (Å²) in [5.41, 5.74) is 2.70. The number of hydrogen-bond acceptors (Lipinski definition) is 4. The number of nitrogens with one attached hydrogen (secondary N) is 1. The van der Waals surface area contributed by atoms with Gasteiger partial charge >= 0.3 is 0 Å². The van der Waals surface area contributed by atoms with Gasteiger partial charge in [-0.15, -0.1) is 0 Å². The first-order valence-electron chi connectivity index (χ1n) is 7.30. The molecular weight excluding hydrogens is 236 g/mol. The Morgan fingerprint density at radius 1 is 1.37 bits per heavy atom. The van der Waals surface area contributed by atoms with Crippen LogP contribution >= 0.6 is 0 Å². The van der Waals surface area contributed by atoms with Crippen molar-refractivity contribution in [3.8, 4) is 0 Å². The summed E-state index contributed by atoms with van der Waals surface area (Å²) < 4.78 is 0. The molecule has 1 aromatic heterocycles. The van der Waals surface area contributed by atoms with Gasteiger partial charge in [-0.05, 0) is 38.6 Å². The van der Waals surface area contributed by atoms with Crippen LogP contribution in [0.25, 0.3) is 0 Å². The summed E-state index contributed by atoms with van der Waals surface area (Å²) in [6.45, 7) is 4.57. The van der Waals surface area contributed by atoms with Gasteiger partial charge in [0.1, 0.15) is 0 Å². The highest BCUT2D eigenvalue weighted by atomic mass is 15.3. The fraction of sp³-hybridized carbons (Fsp3) is 0.667. The first kappa shape index (κ1) is 13.0. The van der Waals surface area contributed by atoms with Crippen LogP contribution in [-0.2, 0) is 6.42 Å². The molecule has 2 heterocycles. The van der Waals surface area contributed by atoms with E-state index in [1.165, 1.54) is 37.2 Å². The first-order valence-corrected chi connectivity index (χ1v) is 7.30. The fourth-order valence-electron chi connectivity index (χ4n) is 3.21. The Labute approximate surface area is 115 Å². The summed E-state index contributed by atoms with van der Waals surface area (Å²) in [6.07, 6.45) is 4.28. The number of aryl methyl sites for hydroxylation is 1. The van der Waals surface area contributed by atoms with Crippen LogP contribution in [0.5, 0.6) is 0 Å². The van der Waals surface area contributed by atoms with Crippen molar-refractivity contribution in [1.29, 1.82) is 0 Å². The van der Waals surface area contributed by atoms with Crippen molar-refractivity contribution in [2.24, 2.45) is 0 Å². The van der Waals surface area contributed by atoms with E-state index >= 15 is 0 Å². The van der Waals surface area contributed by atoms with E-state index < -0.39 is 0 Å². The lowest BCUT2D eigenvalue weighted by molar-refractivity contribution is 0.111. The van der Waals surface area contributed by atoms with Crippen LogP contribution in [0.2, 0.25) is 0 Å². The largest absolute Gasteiger partial charge is 0.307 e. The Balaban J connectivity index is 1.58. The summed E-state index contributed by atoms with van der Waals surface area (Å²) in [4.78, 5) is 9.45. The van der Waals surface area contributed by atoms with Gasteiger partial charge in [-0.25, -0.2) is 0 Å². The summed E-state index contributed by atoms with van der Waals surface area (Å²) in [7, 11) is 4.45. The van der Waals surface area contributed by atoms with Crippen molar-refractivity contribution in [2.75, 3.05) is 40.3 Å². The minimum absolute atomic E-state index is 0.455. The molecule has 0 aromatic carbocycles. The standard InChI is InChI=1S/C15H24N4/c1-18-8-9-19(2)13(11-18)10-17-14-6-5-12-4-3-7-16-15(12)14/h3-4,7,13-14,17H,5-6,8-11H2,1-2H3. The molecule has 1 fully saturated rings. The van der Waals surface area contributed by atoms with Gasteiger partial charge in [-0.3, -0.25) is 9.88 Å². The Bertz CT molecular complexity index is 434. The smallest absolute Gasteiger partial charge is 0.0605 e. The maximum atomic E-state index is 4.55. The average molecular weight is 260 g/mol. The van der Waals surface area contributed by atoms with Crippen molar-refractivity contribution in [2.45, 2.75) is 24.9 Å². The minimum Gasteiger partial charge on any atom is -0.307 e. The molecule has 4 heteroatoms. The van der Waals surface area contributed by atoms with Gasteiger partial charge < -0.3 is 10.2 Å². The number of fused-ring (bicyclic) bond motifs is 1. The van der Waals surface area contributed by atoms with Crippen molar-refractivity contribution in [3.63, 3.8) is 0 Å². The molecule has 3 rings (SSSR count). The van der Waals surface area contributed by atoms with E-state index in [9.17, 15) is 0 Å². The predicted molar refractivity (Wildman–Crippen MR) is 77.2 cm³/mol. The zero-order valence-corrected chi connectivity index (χ0v) is 12.0. The molecule has 0 spiro atoms. The number of likely N-dealkylation sites (N-methyl/N-ethyl adjacent to an activating group) is 2. The summed E-state index contributed by atoms with van der Waals surface area (Å²) in [6, 6.07) is 5.33. The van der Waals surface area contributed by atoms with Crippen molar-refractivity contribution in [3.05, 3.63) is 29.6 Å². The molecule has 2 unspecified atom stereocenters. The van der Waals surface area contributed by atoms with Crippen LogP contribution in [0.3, 0.4) is 0 Å². The van der Waals surface area contributed by atoms with E-state index in [0.29, 0.717) is 12.1 Å². The molecule has 2 atom stereocenters. The fourth-order valence-corrected chi connectivity index (χ4v) is 3.21. The molecule has 1 aromatic rings. The highest BCUT2D eigenvalue weighted by molar-refractivity contribution is 5.27. The van der Waals surface area contributed by atoms with Gasteiger partial charge in [0.2, 0.25) is 0 Å². The second kappa shape index (κ2) is 5.57. The number of pyridine rings is 1. The SMILES string of the molecule is CN1CCN(C)C(CNC2CCc3cccnc32)C1. The van der Waals surface area contributed by atoms with Crippen molar-refractivity contribution < 1.29 is 0 Å². The number of rotatable bonds is 3. The number of hydrogen-bond donors (Lipinski definition) is 1. The molecule has 1 N–H and O–H groups in total. The quantitative estimate of drug-likeness (QED) is 0.875. The van der Waals surface area contributed by atoms with Gasteiger partial charge in [0.05, 0.1) is 11.7 Å². The molecule has 0 radical (unpaired) electrons. The lowest BCUT2D eigenvalue weighted by atomic mass is 10.1. The van der Waals surface area contributed by atoms with Crippen LogP contribution in [0, 0.1) is 0 Å². The van der Waals surface area contributed by atoms with E-state index in [1.54, 1.807) is 0 Å². The Hall–Kier alpha value is -0.970. The second-order valence-electron chi connectivity index (χ2n) is 5.94. The maximum Gasteiger partial charge on any atom is 0.0605 e. The molecule has 2 aliphatic rings. The molecule has 104 valence electrons. The number of nitrogens with zero attached hydrogens (tertiary/aromatic N) is 3. The number of piperazine rings is 1. The van der Waals surface area contributed by atoms with Gasteiger partial charge in [0, 0.05) is 38.4 Å². The normalized spacial score (nSPS) is 28.5. The summed E-state index contributed by atoms with van der Waals surface area (Å²) in [5.74, 6) is 0. The maximum absolute atomic E-state index is 4.55. The van der Waals surface area contributed by atoms with E-state index in [4.69, 9.17) is 0 Å². The Morgan fingerprint density at radius 2 is 2.26 bits per heavy atom. The van der Waals surface area contributed by atoms with E-state index in [2.05, 4.69) is 40.3 Å². The highest BCUT2D eigenvalue weighted by Gasteiger charge is 2.26. The molecule has 19 heavy (non-hydrogen) atoms. The monoisotopic (exact) mass is 260 g/mol. The summed E-state index contributed by atoms with van der Waals surface area (Å²) >= 11 is 0. The lowest BCUT2D eigenvalue weighted by Gasteiger charge is -2.38. The van der Waals surface area contributed by atoms with Crippen LogP contribution in [0.4, 0.5) is 0 Å². The van der Waals surface area contributed by atoms with Gasteiger partial charge in [-0.2, -0.15) is 0 Å². The average Bonchev–Trinajstić information content (AvgIpc) is 2.83. The lowest BCUT2D eigenvalue weighted by Crippen LogP contribution is -2.54. The van der Waals surface area contributed by atoms with Crippen LogP contribution in [-0.4, -0.2) is 61.1 Å². The van der Waals surface area contributed by atoms with Gasteiger partial charge in [0.15, 0.2) is 0 Å². The molecule has 1 saturated heterocycles. The molecule has 1 aliphatic carbocycles. The zero-order chi connectivity index (χ0) is 13.2. The molecule has 1 aliphatic heterocycles. The molecule has 0 bridgehead atoms. The first-order chi connectivity index (χ1) is 9.24. The predicted octanol–water partition coefficient (Wildman–Crippen LogP) is 0.904. The van der Waals surface area contributed by atoms with E-state index in [0.717, 1.165) is 13.1 Å². The topological polar surface area (TPSA) is 31.4 Å². The Morgan fingerprint density at radius 3 is 3.16 bits per heavy atom. The molecule has 0 amide bonds. The Kier molecular flexibility index (Phi) is 3.82. The third-order valence-corrected chi connectivity index (χ3v) is 4.54. The molecular formula is C15H24N4. The van der Waals surface area contributed by atoms with E-state index in [-0.39, 0.29) is 0 Å². The molecule has 0 saturated carbocycles. The third kappa shape index (κ3) is 2.81. The molecule has 4 nitrogen and oxygen atoms in total. The van der Waals surface area contributed by atoms with Crippen LogP contribution in [0.15, 0.2) is 18.3 Å². The van der Waals surface area contributed by atoms with E-state index in [1.807, 2.05) is 12.3 Å². The second-order valence-corrected chi connectivity index (χ2v) is 5.94. The number of aromatic nitrogens is 1. The van der Waals surface area contributed by atoms with Gasteiger partial charge in [-0.1, -0.05) is 6.07 Å². The highest BCUT2D eigenvalue weighted by Crippen LogP contribution is 2.28. The zero-order valence-electron chi connectivity index (χ0n) is 12.0. The minimum atomic E-state index is 0.455. The van der Waals surface area contributed by atoms with Crippen molar-refractivity contribution >= 4 is 0 Å². The third-order valence-electron chi connectivity index (χ3n) is 4.54. The van der Waals surface area contributed by atoms with Crippen LogP contribution in [0.1, 0.15) is 23.7 Å². The van der Waals surface area contributed by atoms with Crippen molar-refractivity contribution in [1.82, 2.24) is 20.1 Å².